The number of nitrogens with one attached hydrogen (secondary N) is 1. The van der Waals surface area contributed by atoms with Gasteiger partial charge in [-0.05, 0) is 25.1 Å². The van der Waals surface area contributed by atoms with Crippen molar-refractivity contribution in [1.29, 1.82) is 0 Å². The van der Waals surface area contributed by atoms with Crippen LogP contribution in [0.4, 0.5) is 4.39 Å². The number of hydrogen-bond acceptors (Lipinski definition) is 5. The van der Waals surface area contributed by atoms with Crippen LogP contribution < -0.4 is 10.1 Å². The van der Waals surface area contributed by atoms with Crippen molar-refractivity contribution in [2.24, 2.45) is 0 Å². The van der Waals surface area contributed by atoms with Crippen molar-refractivity contribution in [3.05, 3.63) is 29.6 Å². The van der Waals surface area contributed by atoms with Crippen LogP contribution in [0.1, 0.15) is 30.1 Å². The van der Waals surface area contributed by atoms with Gasteiger partial charge in [-0.15, -0.1) is 0 Å². The summed E-state index contributed by atoms with van der Waals surface area (Å²) in [5, 5.41) is 2.41. The Morgan fingerprint density at radius 1 is 1.23 bits per heavy atom. The molecule has 0 atom stereocenters. The van der Waals surface area contributed by atoms with Crippen LogP contribution in [0.5, 0.6) is 5.75 Å². The zero-order valence-corrected chi connectivity index (χ0v) is 12.5. The lowest BCUT2D eigenvalue weighted by molar-refractivity contribution is -0.144. The number of carbonyl (C=O) groups excluding carboxylic acids is 3. The summed E-state index contributed by atoms with van der Waals surface area (Å²) >= 11 is 0. The number of ether oxygens (including phenoxy) is 2. The highest BCUT2D eigenvalue weighted by atomic mass is 19.1. The predicted octanol–water partition coefficient (Wildman–Crippen LogP) is 1.48. The Labute approximate surface area is 127 Å². The summed E-state index contributed by atoms with van der Waals surface area (Å²) in [6, 6.07) is 3.64. The third kappa shape index (κ3) is 5.51. The third-order valence-corrected chi connectivity index (χ3v) is 2.77. The van der Waals surface area contributed by atoms with E-state index in [0.29, 0.717) is 0 Å². The zero-order valence-electron chi connectivity index (χ0n) is 12.5. The molecule has 0 unspecified atom stereocenters. The van der Waals surface area contributed by atoms with E-state index in [2.05, 4.69) is 5.32 Å². The van der Waals surface area contributed by atoms with Crippen LogP contribution in [-0.2, 0) is 14.3 Å². The third-order valence-electron chi connectivity index (χ3n) is 2.77. The molecule has 0 aliphatic rings. The summed E-state index contributed by atoms with van der Waals surface area (Å²) in [6.45, 7) is 1.73. The first kappa shape index (κ1) is 17.6. The van der Waals surface area contributed by atoms with Gasteiger partial charge in [0.15, 0.2) is 17.3 Å². The summed E-state index contributed by atoms with van der Waals surface area (Å²) < 4.78 is 22.7. The fraction of sp³-hybridized carbons (Fsp3) is 0.400. The van der Waals surface area contributed by atoms with Crippen molar-refractivity contribution in [1.82, 2.24) is 5.32 Å². The fourth-order valence-electron chi connectivity index (χ4n) is 1.64. The normalized spacial score (nSPS) is 9.95. The molecule has 1 rings (SSSR count). The molecule has 0 aliphatic heterocycles. The van der Waals surface area contributed by atoms with Gasteiger partial charge in [-0.2, -0.15) is 0 Å². The number of halogens is 1. The maximum atomic E-state index is 13.2. The van der Waals surface area contributed by atoms with Crippen molar-refractivity contribution in [2.75, 3.05) is 20.3 Å². The van der Waals surface area contributed by atoms with Crippen molar-refractivity contribution in [3.8, 4) is 5.75 Å². The van der Waals surface area contributed by atoms with E-state index in [1.807, 2.05) is 0 Å². The molecule has 0 radical (unpaired) electrons. The average Bonchev–Trinajstić information content (AvgIpc) is 2.51. The van der Waals surface area contributed by atoms with E-state index < -0.39 is 17.7 Å². The van der Waals surface area contributed by atoms with E-state index in [1.165, 1.54) is 19.2 Å². The fourth-order valence-corrected chi connectivity index (χ4v) is 1.64. The van der Waals surface area contributed by atoms with Crippen LogP contribution in [0.2, 0.25) is 0 Å². The second-order valence-electron chi connectivity index (χ2n) is 4.38. The minimum Gasteiger partial charge on any atom is -0.494 e. The monoisotopic (exact) mass is 311 g/mol. The van der Waals surface area contributed by atoms with Gasteiger partial charge >= 0.3 is 5.97 Å². The number of rotatable bonds is 8. The molecule has 1 aromatic carbocycles. The van der Waals surface area contributed by atoms with E-state index in [0.717, 1.165) is 6.07 Å². The van der Waals surface area contributed by atoms with E-state index in [4.69, 9.17) is 9.47 Å². The maximum absolute atomic E-state index is 13.2. The molecular formula is C15H18FNO5. The van der Waals surface area contributed by atoms with Crippen LogP contribution in [-0.4, -0.2) is 37.9 Å². The molecule has 0 heterocycles. The largest absolute Gasteiger partial charge is 0.494 e. The molecule has 0 aliphatic carbocycles. The average molecular weight is 311 g/mol. The Bertz CT molecular complexity index is 559. The van der Waals surface area contributed by atoms with E-state index in [9.17, 15) is 18.8 Å². The molecule has 0 saturated carbocycles. The molecule has 1 N–H and O–H groups in total. The Kier molecular flexibility index (Phi) is 7.01. The van der Waals surface area contributed by atoms with Crippen LogP contribution >= 0.6 is 0 Å². The quantitative estimate of drug-likeness (QED) is 0.735. The molecule has 1 aromatic rings. The SMILES string of the molecule is CCOC(=O)CCC(=O)CNC(=O)c1ccc(F)c(OC)c1. The Morgan fingerprint density at radius 3 is 2.59 bits per heavy atom. The highest BCUT2D eigenvalue weighted by Gasteiger charge is 2.12. The highest BCUT2D eigenvalue weighted by Crippen LogP contribution is 2.17. The van der Waals surface area contributed by atoms with Gasteiger partial charge in [0, 0.05) is 12.0 Å². The molecule has 22 heavy (non-hydrogen) atoms. The summed E-state index contributed by atoms with van der Waals surface area (Å²) in [4.78, 5) is 34.5. The summed E-state index contributed by atoms with van der Waals surface area (Å²) in [7, 11) is 1.29. The molecule has 7 heteroatoms. The van der Waals surface area contributed by atoms with Crippen LogP contribution in [0.25, 0.3) is 0 Å². The lowest BCUT2D eigenvalue weighted by Crippen LogP contribution is -2.29. The molecule has 0 saturated heterocycles. The lowest BCUT2D eigenvalue weighted by atomic mass is 10.2. The summed E-state index contributed by atoms with van der Waals surface area (Å²) in [5.74, 6) is -1.91. The van der Waals surface area contributed by atoms with E-state index in [1.54, 1.807) is 6.92 Å². The van der Waals surface area contributed by atoms with Crippen molar-refractivity contribution in [3.63, 3.8) is 0 Å². The number of esters is 1. The topological polar surface area (TPSA) is 81.7 Å². The van der Waals surface area contributed by atoms with Gasteiger partial charge in [0.2, 0.25) is 0 Å². The number of ketones is 1. The lowest BCUT2D eigenvalue weighted by Gasteiger charge is -2.07. The Balaban J connectivity index is 2.45. The molecular weight excluding hydrogens is 293 g/mol. The molecule has 120 valence electrons. The number of amides is 1. The Morgan fingerprint density at radius 2 is 1.95 bits per heavy atom. The van der Waals surface area contributed by atoms with Crippen LogP contribution in [0.3, 0.4) is 0 Å². The van der Waals surface area contributed by atoms with Gasteiger partial charge in [0.1, 0.15) is 0 Å². The molecule has 0 bridgehead atoms. The standard InChI is InChI=1S/C15H18FNO5/c1-3-22-14(19)7-5-11(18)9-17-15(20)10-4-6-12(16)13(8-10)21-2/h4,6,8H,3,5,7,9H2,1-2H3,(H,17,20). The van der Waals surface area contributed by atoms with Crippen molar-refractivity contribution < 1.29 is 28.2 Å². The zero-order chi connectivity index (χ0) is 16.5. The number of methoxy groups -OCH3 is 1. The van der Waals surface area contributed by atoms with Crippen molar-refractivity contribution >= 4 is 17.7 Å². The minimum atomic E-state index is -0.579. The second-order valence-corrected chi connectivity index (χ2v) is 4.38. The van der Waals surface area contributed by atoms with Gasteiger partial charge in [0.25, 0.3) is 5.91 Å². The van der Waals surface area contributed by atoms with Crippen LogP contribution in [0.15, 0.2) is 18.2 Å². The first-order valence-electron chi connectivity index (χ1n) is 6.77. The summed E-state index contributed by atoms with van der Waals surface area (Å²) in [6.07, 6.45) is -0.0290. The van der Waals surface area contributed by atoms with Gasteiger partial charge in [0.05, 0.1) is 26.7 Å². The smallest absolute Gasteiger partial charge is 0.306 e. The predicted molar refractivity (Wildman–Crippen MR) is 76.2 cm³/mol. The molecule has 1 amide bonds. The van der Waals surface area contributed by atoms with Gasteiger partial charge < -0.3 is 14.8 Å². The van der Waals surface area contributed by atoms with Gasteiger partial charge in [-0.3, -0.25) is 14.4 Å². The first-order chi connectivity index (χ1) is 10.5. The summed E-state index contributed by atoms with van der Waals surface area (Å²) in [5.41, 5.74) is 0.177. The van der Waals surface area contributed by atoms with Crippen LogP contribution in [0, 0.1) is 5.82 Å². The second kappa shape index (κ2) is 8.76. The number of benzene rings is 1. The van der Waals surface area contributed by atoms with Gasteiger partial charge in [-0.1, -0.05) is 0 Å². The van der Waals surface area contributed by atoms with Gasteiger partial charge in [-0.25, -0.2) is 4.39 Å². The molecule has 6 nitrogen and oxygen atoms in total. The molecule has 0 fully saturated rings. The van der Waals surface area contributed by atoms with E-state index >= 15 is 0 Å². The first-order valence-corrected chi connectivity index (χ1v) is 6.77. The maximum Gasteiger partial charge on any atom is 0.306 e. The van der Waals surface area contributed by atoms with Crippen molar-refractivity contribution in [2.45, 2.75) is 19.8 Å². The number of Topliss-reactive ketones (excluding diaryl/α,β-unsaturated/α-hetero) is 1. The Hall–Kier alpha value is -2.44. The highest BCUT2D eigenvalue weighted by molar-refractivity contribution is 5.97. The molecule has 0 aromatic heterocycles. The number of hydrogen-bond donors (Lipinski definition) is 1. The molecule has 0 spiro atoms. The van der Waals surface area contributed by atoms with E-state index in [-0.39, 0.29) is 43.1 Å². The number of carbonyl (C=O) groups is 3. The minimum absolute atomic E-state index is 0.00808.